The average molecular weight is 392 g/mol. The summed E-state index contributed by atoms with van der Waals surface area (Å²) in [6.07, 6.45) is 6.28. The highest BCUT2D eigenvalue weighted by atomic mass is 32.2. The molecule has 0 aliphatic rings. The van der Waals surface area contributed by atoms with Crippen LogP contribution >= 0.6 is 11.8 Å². The van der Waals surface area contributed by atoms with Crippen molar-refractivity contribution in [2.45, 2.75) is 37.7 Å². The van der Waals surface area contributed by atoms with Crippen LogP contribution < -0.4 is 5.56 Å². The zero-order chi connectivity index (χ0) is 19.5. The zero-order valence-electron chi connectivity index (χ0n) is 15.7. The van der Waals surface area contributed by atoms with Gasteiger partial charge >= 0.3 is 0 Å². The topological polar surface area (TPSA) is 78.0 Å². The van der Waals surface area contributed by atoms with Gasteiger partial charge in [-0.3, -0.25) is 14.2 Å². The summed E-state index contributed by atoms with van der Waals surface area (Å²) >= 11 is 1.54. The maximum Gasteiger partial charge on any atom is 0.258 e. The van der Waals surface area contributed by atoms with Gasteiger partial charge in [0.05, 0.1) is 5.69 Å². The fourth-order valence-electron chi connectivity index (χ4n) is 3.01. The number of fused-ring (bicyclic) bond motifs is 1. The number of hydrogen-bond acceptors (Lipinski definition) is 6. The lowest BCUT2D eigenvalue weighted by Crippen LogP contribution is -2.15. The number of hydrogen-bond donors (Lipinski definition) is 0. The average Bonchev–Trinajstić information content (AvgIpc) is 3.10. The molecule has 0 spiro atoms. The molecule has 4 aromatic heterocycles. The molecule has 8 heteroatoms. The maximum absolute atomic E-state index is 12.4. The first kappa shape index (κ1) is 18.4. The minimum absolute atomic E-state index is 0.0724. The fraction of sp³-hybridized carbons (Fsp3) is 0.250. The molecule has 4 rings (SSSR count). The number of thioether (sulfide) groups is 1. The van der Waals surface area contributed by atoms with E-state index in [1.807, 2.05) is 31.2 Å². The van der Waals surface area contributed by atoms with Crippen LogP contribution in [0.1, 0.15) is 24.6 Å². The van der Waals surface area contributed by atoms with Crippen molar-refractivity contribution in [2.75, 3.05) is 0 Å². The lowest BCUT2D eigenvalue weighted by atomic mass is 10.2. The van der Waals surface area contributed by atoms with Crippen molar-refractivity contribution in [3.8, 4) is 11.4 Å². The number of aryl methyl sites for hydroxylation is 1. The van der Waals surface area contributed by atoms with Gasteiger partial charge in [-0.05, 0) is 37.1 Å². The highest BCUT2D eigenvalue weighted by Crippen LogP contribution is 2.26. The molecule has 0 bridgehead atoms. The molecule has 0 radical (unpaired) electrons. The molecule has 0 saturated heterocycles. The van der Waals surface area contributed by atoms with Gasteiger partial charge in [0.25, 0.3) is 5.56 Å². The molecule has 0 aliphatic carbocycles. The summed E-state index contributed by atoms with van der Waals surface area (Å²) in [5.41, 5.74) is 3.32. The summed E-state index contributed by atoms with van der Waals surface area (Å²) in [4.78, 5) is 21.1. The first-order valence-electron chi connectivity index (χ1n) is 9.11. The Morgan fingerprint density at radius 1 is 1.11 bits per heavy atom. The Bertz CT molecular complexity index is 1170. The first-order chi connectivity index (χ1) is 13.7. The van der Waals surface area contributed by atoms with Crippen LogP contribution in [0, 0.1) is 6.92 Å². The molecule has 0 N–H and O–H groups in total. The molecule has 0 aromatic carbocycles. The second kappa shape index (κ2) is 7.93. The van der Waals surface area contributed by atoms with Gasteiger partial charge in [-0.15, -0.1) is 10.2 Å². The second-order valence-corrected chi connectivity index (χ2v) is 7.45. The monoisotopic (exact) mass is 392 g/mol. The van der Waals surface area contributed by atoms with E-state index >= 15 is 0 Å². The molecule has 4 heterocycles. The molecule has 28 heavy (non-hydrogen) atoms. The van der Waals surface area contributed by atoms with Crippen molar-refractivity contribution in [2.24, 2.45) is 0 Å². The molecule has 0 unspecified atom stereocenters. The quantitative estimate of drug-likeness (QED) is 0.468. The Kier molecular flexibility index (Phi) is 5.21. The number of aromatic nitrogens is 6. The summed E-state index contributed by atoms with van der Waals surface area (Å²) in [5, 5.41) is 9.56. The number of nitrogens with zero attached hydrogens (tertiary/aromatic N) is 6. The molecule has 7 nitrogen and oxygen atoms in total. The minimum atomic E-state index is -0.0724. The van der Waals surface area contributed by atoms with Crippen molar-refractivity contribution >= 4 is 17.4 Å². The van der Waals surface area contributed by atoms with Crippen molar-refractivity contribution < 1.29 is 0 Å². The van der Waals surface area contributed by atoms with Crippen LogP contribution in [0.25, 0.3) is 17.0 Å². The predicted molar refractivity (Wildman–Crippen MR) is 109 cm³/mol. The Morgan fingerprint density at radius 2 is 1.93 bits per heavy atom. The minimum Gasteiger partial charge on any atom is -0.302 e. The van der Waals surface area contributed by atoms with E-state index in [2.05, 4.69) is 31.7 Å². The summed E-state index contributed by atoms with van der Waals surface area (Å²) in [6.45, 7) is 4.90. The molecule has 0 atom stereocenters. The normalized spacial score (nSPS) is 11.2. The van der Waals surface area contributed by atoms with E-state index in [9.17, 15) is 4.79 Å². The van der Waals surface area contributed by atoms with Gasteiger partial charge in [-0.2, -0.15) is 0 Å². The van der Waals surface area contributed by atoms with Crippen LogP contribution in [-0.4, -0.2) is 29.1 Å². The first-order valence-corrected chi connectivity index (χ1v) is 10.1. The molecule has 0 amide bonds. The third kappa shape index (κ3) is 3.68. The van der Waals surface area contributed by atoms with Crippen LogP contribution in [0.4, 0.5) is 0 Å². The zero-order valence-corrected chi connectivity index (χ0v) is 16.6. The largest absolute Gasteiger partial charge is 0.302 e. The van der Waals surface area contributed by atoms with Gasteiger partial charge in [0.2, 0.25) is 0 Å². The van der Waals surface area contributed by atoms with Crippen molar-refractivity contribution in [3.05, 3.63) is 70.5 Å². The number of rotatable bonds is 6. The lowest BCUT2D eigenvalue weighted by Gasteiger charge is -2.09. The fourth-order valence-corrected chi connectivity index (χ4v) is 3.86. The maximum atomic E-state index is 12.4. The van der Waals surface area contributed by atoms with Gasteiger partial charge in [0.15, 0.2) is 11.0 Å². The van der Waals surface area contributed by atoms with Crippen LogP contribution in [0.2, 0.25) is 0 Å². The molecule has 142 valence electrons. The predicted octanol–water partition coefficient (Wildman–Crippen LogP) is 3.36. The summed E-state index contributed by atoms with van der Waals surface area (Å²) in [6, 6.07) is 9.27. The molecular formula is C20H20N6OS. The van der Waals surface area contributed by atoms with E-state index in [-0.39, 0.29) is 5.56 Å². The van der Waals surface area contributed by atoms with Crippen LogP contribution in [0.3, 0.4) is 0 Å². The van der Waals surface area contributed by atoms with Crippen LogP contribution in [0.15, 0.2) is 58.9 Å². The molecule has 0 saturated carbocycles. The van der Waals surface area contributed by atoms with E-state index in [0.29, 0.717) is 11.4 Å². The lowest BCUT2D eigenvalue weighted by molar-refractivity contribution is 0.626. The SMILES string of the molecule is CCCn1c(SCc2cc(=O)n3cc(C)ccc3n2)nnc1-c1ccncc1. The van der Waals surface area contributed by atoms with E-state index in [0.717, 1.165) is 40.8 Å². The highest BCUT2D eigenvalue weighted by Gasteiger charge is 2.14. The molecule has 0 aliphatic heterocycles. The summed E-state index contributed by atoms with van der Waals surface area (Å²) in [7, 11) is 0. The summed E-state index contributed by atoms with van der Waals surface area (Å²) in [5.74, 6) is 1.38. The Morgan fingerprint density at radius 3 is 2.71 bits per heavy atom. The Hall–Kier alpha value is -3.00. The van der Waals surface area contributed by atoms with E-state index in [4.69, 9.17) is 0 Å². The van der Waals surface area contributed by atoms with Gasteiger partial charge in [-0.25, -0.2) is 4.98 Å². The number of pyridine rings is 2. The Balaban J connectivity index is 1.62. The third-order valence-electron chi connectivity index (χ3n) is 4.31. The third-order valence-corrected chi connectivity index (χ3v) is 5.31. The Labute approximate surface area is 166 Å². The van der Waals surface area contributed by atoms with E-state index in [1.54, 1.807) is 29.1 Å². The smallest absolute Gasteiger partial charge is 0.258 e. The van der Waals surface area contributed by atoms with E-state index < -0.39 is 0 Å². The van der Waals surface area contributed by atoms with Gasteiger partial charge < -0.3 is 4.57 Å². The molecule has 4 aromatic rings. The van der Waals surface area contributed by atoms with Crippen molar-refractivity contribution in [1.82, 2.24) is 29.1 Å². The summed E-state index contributed by atoms with van der Waals surface area (Å²) < 4.78 is 3.68. The second-order valence-electron chi connectivity index (χ2n) is 6.50. The standard InChI is InChI=1S/C20H20N6OS/c1-3-10-25-19(15-6-8-21-9-7-15)23-24-20(25)28-13-16-11-18(27)26-12-14(2)4-5-17(26)22-16/h4-9,11-12H,3,10,13H2,1-2H3. The van der Waals surface area contributed by atoms with Crippen LogP contribution in [0.5, 0.6) is 0 Å². The highest BCUT2D eigenvalue weighted by molar-refractivity contribution is 7.98. The van der Waals surface area contributed by atoms with Gasteiger partial charge in [0.1, 0.15) is 5.65 Å². The van der Waals surface area contributed by atoms with Gasteiger partial charge in [0, 0.05) is 42.5 Å². The van der Waals surface area contributed by atoms with Crippen molar-refractivity contribution in [3.63, 3.8) is 0 Å². The van der Waals surface area contributed by atoms with Crippen molar-refractivity contribution in [1.29, 1.82) is 0 Å². The molecular weight excluding hydrogens is 372 g/mol. The van der Waals surface area contributed by atoms with Gasteiger partial charge in [-0.1, -0.05) is 24.8 Å². The van der Waals surface area contributed by atoms with Crippen LogP contribution in [-0.2, 0) is 12.3 Å². The van der Waals surface area contributed by atoms with E-state index in [1.165, 1.54) is 11.8 Å². The molecule has 0 fully saturated rings.